The van der Waals surface area contributed by atoms with Crippen LogP contribution in [-0.2, 0) is 13.0 Å². The zero-order valence-corrected chi connectivity index (χ0v) is 17.9. The molecule has 3 rings (SSSR count). The second kappa shape index (κ2) is 11.0. The number of unbranched alkanes of at least 4 members (excludes halogenated alkanes) is 1. The molecule has 156 valence electrons. The number of carbonyl (C=O) groups is 1. The Morgan fingerprint density at radius 2 is 1.76 bits per heavy atom. The van der Waals surface area contributed by atoms with E-state index in [4.69, 9.17) is 0 Å². The highest BCUT2D eigenvalue weighted by molar-refractivity contribution is 5.89. The Hall–Kier alpha value is -2.33. The van der Waals surface area contributed by atoms with E-state index in [0.717, 1.165) is 38.0 Å². The molecule has 1 heterocycles. The van der Waals surface area contributed by atoms with E-state index in [9.17, 15) is 4.79 Å². The minimum absolute atomic E-state index is 0.00844. The van der Waals surface area contributed by atoms with Crippen LogP contribution < -0.4 is 5.32 Å². The van der Waals surface area contributed by atoms with Crippen molar-refractivity contribution in [2.75, 3.05) is 25.0 Å². The molecule has 1 N–H and O–H groups in total. The van der Waals surface area contributed by atoms with Crippen LogP contribution >= 0.6 is 0 Å². The molecule has 4 heteroatoms. The highest BCUT2D eigenvalue weighted by Gasteiger charge is 2.28. The average molecular weight is 394 g/mol. The zero-order chi connectivity index (χ0) is 20.5. The van der Waals surface area contributed by atoms with Crippen LogP contribution in [0, 0.1) is 0 Å². The number of nitrogens with zero attached hydrogens (tertiary/aromatic N) is 2. The second-order valence-corrected chi connectivity index (χ2v) is 8.02. The van der Waals surface area contributed by atoms with Crippen LogP contribution in [0.5, 0.6) is 0 Å². The maximum atomic E-state index is 13.3. The standard InChI is InChI=1S/C25H35N3O/c1-3-5-16-27-17-14-24(15-18-27)28(20-22-10-7-6-8-11-22)25(29)26-23-13-9-12-21(4-2)19-23/h6-13,19,24H,3-5,14-18,20H2,1-2H3,(H,26,29). The van der Waals surface area contributed by atoms with Gasteiger partial charge in [0.05, 0.1) is 0 Å². The SMILES string of the molecule is CCCCN1CCC(N(Cc2ccccc2)C(=O)Nc2cccc(CC)c2)CC1. The molecule has 0 saturated carbocycles. The molecule has 1 fully saturated rings. The number of carbonyl (C=O) groups excluding carboxylic acids is 1. The molecule has 0 bridgehead atoms. The number of likely N-dealkylation sites (tertiary alicyclic amines) is 1. The van der Waals surface area contributed by atoms with Crippen LogP contribution in [0.3, 0.4) is 0 Å². The number of aryl methyl sites for hydroxylation is 1. The molecular weight excluding hydrogens is 358 g/mol. The Bertz CT molecular complexity index is 754. The molecule has 1 saturated heterocycles. The number of piperidine rings is 1. The number of nitrogens with one attached hydrogen (secondary N) is 1. The highest BCUT2D eigenvalue weighted by atomic mass is 16.2. The Balaban J connectivity index is 1.70. The summed E-state index contributed by atoms with van der Waals surface area (Å²) in [6.45, 7) is 8.36. The quantitative estimate of drug-likeness (QED) is 0.638. The second-order valence-electron chi connectivity index (χ2n) is 8.02. The van der Waals surface area contributed by atoms with Crippen molar-refractivity contribution in [3.05, 3.63) is 65.7 Å². The third-order valence-electron chi connectivity index (χ3n) is 5.87. The first-order chi connectivity index (χ1) is 14.2. The summed E-state index contributed by atoms with van der Waals surface area (Å²) in [6.07, 6.45) is 5.54. The van der Waals surface area contributed by atoms with E-state index in [2.05, 4.69) is 48.3 Å². The van der Waals surface area contributed by atoms with Gasteiger partial charge in [-0.25, -0.2) is 4.79 Å². The van der Waals surface area contributed by atoms with Crippen LogP contribution in [0.15, 0.2) is 54.6 Å². The maximum absolute atomic E-state index is 13.3. The van der Waals surface area contributed by atoms with Crippen molar-refractivity contribution < 1.29 is 4.79 Å². The van der Waals surface area contributed by atoms with Crippen molar-refractivity contribution in [2.24, 2.45) is 0 Å². The smallest absolute Gasteiger partial charge is 0.317 e. The van der Waals surface area contributed by atoms with Crippen molar-refractivity contribution in [1.82, 2.24) is 9.80 Å². The third-order valence-corrected chi connectivity index (χ3v) is 5.87. The topological polar surface area (TPSA) is 35.6 Å². The summed E-state index contributed by atoms with van der Waals surface area (Å²) in [7, 11) is 0. The van der Waals surface area contributed by atoms with Crippen molar-refractivity contribution in [1.29, 1.82) is 0 Å². The van der Waals surface area contributed by atoms with Gasteiger partial charge in [-0.2, -0.15) is 0 Å². The summed E-state index contributed by atoms with van der Waals surface area (Å²) in [4.78, 5) is 17.9. The predicted molar refractivity (Wildman–Crippen MR) is 121 cm³/mol. The molecule has 0 atom stereocenters. The van der Waals surface area contributed by atoms with Crippen LogP contribution in [0.4, 0.5) is 10.5 Å². The van der Waals surface area contributed by atoms with Gasteiger partial charge in [-0.05, 0) is 55.5 Å². The summed E-state index contributed by atoms with van der Waals surface area (Å²) in [6, 6.07) is 18.8. The van der Waals surface area contributed by atoms with Gasteiger partial charge in [-0.1, -0.05) is 62.7 Å². The molecule has 1 aliphatic heterocycles. The maximum Gasteiger partial charge on any atom is 0.322 e. The Morgan fingerprint density at radius 3 is 2.45 bits per heavy atom. The summed E-state index contributed by atoms with van der Waals surface area (Å²) >= 11 is 0. The first-order valence-corrected chi connectivity index (χ1v) is 11.1. The van der Waals surface area contributed by atoms with Gasteiger partial charge in [0.15, 0.2) is 0 Å². The fraction of sp³-hybridized carbons (Fsp3) is 0.480. The van der Waals surface area contributed by atoms with E-state index >= 15 is 0 Å². The fourth-order valence-electron chi connectivity index (χ4n) is 4.05. The Morgan fingerprint density at radius 1 is 1.03 bits per heavy atom. The molecule has 29 heavy (non-hydrogen) atoms. The molecule has 0 aliphatic carbocycles. The first-order valence-electron chi connectivity index (χ1n) is 11.1. The molecule has 2 aromatic carbocycles. The van der Waals surface area contributed by atoms with Crippen molar-refractivity contribution in [2.45, 2.75) is 58.5 Å². The number of hydrogen-bond donors (Lipinski definition) is 1. The number of hydrogen-bond acceptors (Lipinski definition) is 2. The van der Waals surface area contributed by atoms with Crippen LogP contribution in [0.2, 0.25) is 0 Å². The number of urea groups is 1. The van der Waals surface area contributed by atoms with E-state index in [0.29, 0.717) is 6.54 Å². The fourth-order valence-corrected chi connectivity index (χ4v) is 4.05. The summed E-state index contributed by atoms with van der Waals surface area (Å²) in [5, 5.41) is 3.15. The number of amides is 2. The lowest BCUT2D eigenvalue weighted by atomic mass is 10.0. The molecule has 4 nitrogen and oxygen atoms in total. The van der Waals surface area contributed by atoms with Gasteiger partial charge in [0.25, 0.3) is 0 Å². The Kier molecular flexibility index (Phi) is 8.12. The third kappa shape index (κ3) is 6.33. The van der Waals surface area contributed by atoms with E-state index in [1.54, 1.807) is 0 Å². The summed E-state index contributed by atoms with van der Waals surface area (Å²) in [5.74, 6) is 0. The molecule has 0 radical (unpaired) electrons. The number of rotatable bonds is 8. The molecule has 0 unspecified atom stereocenters. The van der Waals surface area contributed by atoms with E-state index in [1.165, 1.54) is 30.5 Å². The van der Waals surface area contributed by atoms with Gasteiger partial charge in [-0.3, -0.25) is 0 Å². The van der Waals surface area contributed by atoms with Gasteiger partial charge < -0.3 is 15.1 Å². The molecule has 0 aromatic heterocycles. The molecular formula is C25H35N3O. The summed E-state index contributed by atoms with van der Waals surface area (Å²) < 4.78 is 0. The first kappa shape index (κ1) is 21.4. The van der Waals surface area contributed by atoms with Gasteiger partial charge >= 0.3 is 6.03 Å². The number of benzene rings is 2. The van der Waals surface area contributed by atoms with Crippen LogP contribution in [0.1, 0.15) is 50.7 Å². The minimum Gasteiger partial charge on any atom is -0.317 e. The van der Waals surface area contributed by atoms with E-state index < -0.39 is 0 Å². The van der Waals surface area contributed by atoms with E-state index in [1.807, 2.05) is 35.2 Å². The number of anilines is 1. The zero-order valence-electron chi connectivity index (χ0n) is 17.9. The van der Waals surface area contributed by atoms with Gasteiger partial charge in [0, 0.05) is 31.4 Å². The largest absolute Gasteiger partial charge is 0.322 e. The summed E-state index contributed by atoms with van der Waals surface area (Å²) in [5.41, 5.74) is 3.30. The molecule has 1 aliphatic rings. The minimum atomic E-state index is 0.00844. The normalized spacial score (nSPS) is 15.2. The molecule has 0 spiro atoms. The molecule has 2 aromatic rings. The lowest BCUT2D eigenvalue weighted by Gasteiger charge is -2.38. The molecule has 2 amide bonds. The predicted octanol–water partition coefficient (Wildman–Crippen LogP) is 5.55. The van der Waals surface area contributed by atoms with Crippen molar-refractivity contribution in [3.63, 3.8) is 0 Å². The lowest BCUT2D eigenvalue weighted by molar-refractivity contribution is 0.122. The van der Waals surface area contributed by atoms with Crippen LogP contribution in [-0.4, -0.2) is 41.5 Å². The lowest BCUT2D eigenvalue weighted by Crippen LogP contribution is -2.48. The monoisotopic (exact) mass is 393 g/mol. The highest BCUT2D eigenvalue weighted by Crippen LogP contribution is 2.21. The van der Waals surface area contributed by atoms with Gasteiger partial charge in [0.2, 0.25) is 0 Å². The van der Waals surface area contributed by atoms with Gasteiger partial charge in [-0.15, -0.1) is 0 Å². The van der Waals surface area contributed by atoms with Gasteiger partial charge in [0.1, 0.15) is 0 Å². The van der Waals surface area contributed by atoms with Crippen molar-refractivity contribution in [3.8, 4) is 0 Å². The Labute approximate surface area is 175 Å². The average Bonchev–Trinajstić information content (AvgIpc) is 2.77. The van der Waals surface area contributed by atoms with Crippen molar-refractivity contribution >= 4 is 11.7 Å². The van der Waals surface area contributed by atoms with E-state index in [-0.39, 0.29) is 12.1 Å². The van der Waals surface area contributed by atoms with Crippen LogP contribution in [0.25, 0.3) is 0 Å².